The van der Waals surface area contributed by atoms with Crippen LogP contribution in [-0.2, 0) is 16.0 Å². The van der Waals surface area contributed by atoms with Gasteiger partial charge in [-0.3, -0.25) is 9.59 Å². The Morgan fingerprint density at radius 1 is 0.953 bits per heavy atom. The molecule has 2 fully saturated rings. The van der Waals surface area contributed by atoms with Crippen molar-refractivity contribution in [3.8, 4) is 11.3 Å². The molecule has 1 saturated carbocycles. The number of amides is 3. The molecule has 1 aliphatic carbocycles. The minimum absolute atomic E-state index is 0.113. The van der Waals surface area contributed by atoms with Crippen molar-refractivity contribution in [2.45, 2.75) is 24.8 Å². The average molecular weight is 587 g/mol. The zero-order valence-electron chi connectivity index (χ0n) is 23.8. The number of carboxylic acids is 1. The maximum absolute atomic E-state index is 13.8. The SMILES string of the molecule is COCC1CC1c1cc(C(=O)N[C@@H](Cc2ccc(C(=O)O)cc2)C(=O)N2CCN(C(=O)O)CC2)nc(-c2ccccc2)c1. The number of methoxy groups -OCH3 is 1. The number of ether oxygens (including phenoxy) is 1. The Balaban J connectivity index is 1.42. The number of pyridine rings is 1. The van der Waals surface area contributed by atoms with E-state index in [1.807, 2.05) is 36.4 Å². The number of rotatable bonds is 10. The smallest absolute Gasteiger partial charge is 0.407 e. The van der Waals surface area contributed by atoms with Crippen molar-refractivity contribution in [1.29, 1.82) is 0 Å². The zero-order valence-corrected chi connectivity index (χ0v) is 23.8. The highest BCUT2D eigenvalue weighted by atomic mass is 16.5. The van der Waals surface area contributed by atoms with Crippen molar-refractivity contribution in [2.75, 3.05) is 39.9 Å². The lowest BCUT2D eigenvalue weighted by atomic mass is 10.0. The Labute approximate surface area is 249 Å². The first-order valence-corrected chi connectivity index (χ1v) is 14.2. The molecular formula is C32H34N4O7. The molecule has 2 heterocycles. The van der Waals surface area contributed by atoms with E-state index in [-0.39, 0.29) is 55.7 Å². The number of nitrogens with zero attached hydrogens (tertiary/aromatic N) is 3. The Hall–Kier alpha value is -4.77. The van der Waals surface area contributed by atoms with Gasteiger partial charge in [0.25, 0.3) is 5.91 Å². The molecule has 224 valence electrons. The van der Waals surface area contributed by atoms with Crippen LogP contribution in [-0.4, -0.2) is 94.8 Å². The normalized spacial score (nSPS) is 18.5. The minimum Gasteiger partial charge on any atom is -0.478 e. The number of carbonyl (C=O) groups is 4. The van der Waals surface area contributed by atoms with Crippen LogP contribution in [0.3, 0.4) is 0 Å². The first-order valence-electron chi connectivity index (χ1n) is 14.2. The molecule has 11 nitrogen and oxygen atoms in total. The summed E-state index contributed by atoms with van der Waals surface area (Å²) in [5.41, 5.74) is 3.47. The molecule has 0 radical (unpaired) electrons. The molecular weight excluding hydrogens is 552 g/mol. The summed E-state index contributed by atoms with van der Waals surface area (Å²) in [4.78, 5) is 57.6. The van der Waals surface area contributed by atoms with Crippen molar-refractivity contribution in [3.05, 3.63) is 89.1 Å². The van der Waals surface area contributed by atoms with E-state index in [1.54, 1.807) is 30.2 Å². The van der Waals surface area contributed by atoms with Crippen molar-refractivity contribution >= 4 is 23.9 Å². The highest BCUT2D eigenvalue weighted by Crippen LogP contribution is 2.48. The van der Waals surface area contributed by atoms with Crippen LogP contribution in [0.15, 0.2) is 66.7 Å². The second-order valence-corrected chi connectivity index (χ2v) is 10.9. The van der Waals surface area contributed by atoms with Crippen LogP contribution < -0.4 is 5.32 Å². The number of carboxylic acid groups (broad SMARTS) is 2. The molecule has 0 bridgehead atoms. The fraction of sp³-hybridized carbons (Fsp3) is 0.344. The maximum atomic E-state index is 13.8. The van der Waals surface area contributed by atoms with Gasteiger partial charge in [-0.1, -0.05) is 42.5 Å². The van der Waals surface area contributed by atoms with E-state index in [0.717, 1.165) is 17.5 Å². The number of aromatic nitrogens is 1. The topological polar surface area (TPSA) is 149 Å². The van der Waals surface area contributed by atoms with Gasteiger partial charge >= 0.3 is 12.1 Å². The van der Waals surface area contributed by atoms with Crippen molar-refractivity contribution in [3.63, 3.8) is 0 Å². The highest BCUT2D eigenvalue weighted by molar-refractivity contribution is 5.97. The lowest BCUT2D eigenvalue weighted by molar-refractivity contribution is -0.134. The van der Waals surface area contributed by atoms with Crippen LogP contribution in [0.1, 0.15) is 44.3 Å². The van der Waals surface area contributed by atoms with Crippen LogP contribution in [0.2, 0.25) is 0 Å². The summed E-state index contributed by atoms with van der Waals surface area (Å²) in [6.45, 7) is 1.36. The summed E-state index contributed by atoms with van der Waals surface area (Å²) in [6, 6.07) is 18.5. The number of carbonyl (C=O) groups excluding carboxylic acids is 2. The second-order valence-electron chi connectivity index (χ2n) is 10.9. The summed E-state index contributed by atoms with van der Waals surface area (Å²) in [6.07, 6.45) is 0.0232. The van der Waals surface area contributed by atoms with Crippen molar-refractivity contribution in [1.82, 2.24) is 20.1 Å². The van der Waals surface area contributed by atoms with Gasteiger partial charge in [-0.2, -0.15) is 0 Å². The molecule has 43 heavy (non-hydrogen) atoms. The molecule has 11 heteroatoms. The number of nitrogens with one attached hydrogen (secondary N) is 1. The number of aromatic carboxylic acids is 1. The van der Waals surface area contributed by atoms with Crippen LogP contribution >= 0.6 is 0 Å². The molecule has 5 rings (SSSR count). The van der Waals surface area contributed by atoms with E-state index in [4.69, 9.17) is 4.74 Å². The van der Waals surface area contributed by atoms with Gasteiger partial charge in [-0.15, -0.1) is 0 Å². The molecule has 2 aromatic carbocycles. The van der Waals surface area contributed by atoms with Crippen LogP contribution in [0.5, 0.6) is 0 Å². The van der Waals surface area contributed by atoms with E-state index in [1.165, 1.54) is 17.0 Å². The standard InChI is InChI=1S/C32H34N4O7/c1-43-19-24-16-25(24)23-17-26(21-5-3-2-4-6-21)33-27(18-23)29(37)34-28(15-20-7-9-22(10-8-20)31(39)40)30(38)35-11-13-36(14-12-35)32(41)42/h2-10,17-18,24-25,28H,11-16,19H2,1H3,(H,34,37)(H,39,40)(H,41,42)/t24?,25?,28-/m0/s1. The molecule has 3 atom stereocenters. The van der Waals surface area contributed by atoms with Crippen molar-refractivity contribution in [2.24, 2.45) is 5.92 Å². The maximum Gasteiger partial charge on any atom is 0.407 e. The van der Waals surface area contributed by atoms with Gasteiger partial charge < -0.3 is 30.1 Å². The monoisotopic (exact) mass is 586 g/mol. The summed E-state index contributed by atoms with van der Waals surface area (Å²) in [5.74, 6) is -1.31. The fourth-order valence-electron chi connectivity index (χ4n) is 5.48. The Morgan fingerprint density at radius 2 is 1.63 bits per heavy atom. The third-order valence-electron chi connectivity index (χ3n) is 7.99. The predicted octanol–water partition coefficient (Wildman–Crippen LogP) is 3.36. The molecule has 3 N–H and O–H groups in total. The van der Waals surface area contributed by atoms with E-state index >= 15 is 0 Å². The third kappa shape index (κ3) is 7.18. The fourth-order valence-corrected chi connectivity index (χ4v) is 5.48. The molecule has 3 amide bonds. The predicted molar refractivity (Wildman–Crippen MR) is 157 cm³/mol. The van der Waals surface area contributed by atoms with Gasteiger partial charge in [0.2, 0.25) is 5.91 Å². The Morgan fingerprint density at radius 3 is 2.26 bits per heavy atom. The average Bonchev–Trinajstić information content (AvgIpc) is 3.80. The highest BCUT2D eigenvalue weighted by Gasteiger charge is 2.39. The summed E-state index contributed by atoms with van der Waals surface area (Å²) in [5, 5.41) is 21.4. The number of hydrogen-bond acceptors (Lipinski definition) is 6. The molecule has 2 aliphatic rings. The molecule has 1 saturated heterocycles. The van der Waals surface area contributed by atoms with Crippen LogP contribution in [0.25, 0.3) is 11.3 Å². The summed E-state index contributed by atoms with van der Waals surface area (Å²) < 4.78 is 5.34. The van der Waals surface area contributed by atoms with Gasteiger partial charge in [0.15, 0.2) is 0 Å². The number of benzene rings is 2. The second kappa shape index (κ2) is 13.0. The lowest BCUT2D eigenvalue weighted by Crippen LogP contribution is -2.56. The van der Waals surface area contributed by atoms with Gasteiger partial charge in [-0.25, -0.2) is 14.6 Å². The van der Waals surface area contributed by atoms with E-state index < -0.39 is 24.0 Å². The van der Waals surface area contributed by atoms with E-state index in [0.29, 0.717) is 23.8 Å². The third-order valence-corrected chi connectivity index (χ3v) is 7.99. The van der Waals surface area contributed by atoms with Gasteiger partial charge in [0.05, 0.1) is 11.3 Å². The quantitative estimate of drug-likeness (QED) is 0.327. The molecule has 0 spiro atoms. The number of piperazine rings is 1. The first kappa shape index (κ1) is 29.7. The Bertz CT molecular complexity index is 1490. The van der Waals surface area contributed by atoms with Gasteiger partial charge in [-0.05, 0) is 53.6 Å². The van der Waals surface area contributed by atoms with E-state index in [9.17, 15) is 29.4 Å². The van der Waals surface area contributed by atoms with Crippen LogP contribution in [0.4, 0.5) is 4.79 Å². The molecule has 1 aromatic heterocycles. The van der Waals surface area contributed by atoms with Gasteiger partial charge in [0.1, 0.15) is 11.7 Å². The molecule has 3 aromatic rings. The van der Waals surface area contributed by atoms with Gasteiger partial charge in [0, 0.05) is 51.9 Å². The molecule has 2 unspecified atom stereocenters. The summed E-state index contributed by atoms with van der Waals surface area (Å²) >= 11 is 0. The minimum atomic E-state index is -1.06. The molecule has 1 aliphatic heterocycles. The van der Waals surface area contributed by atoms with Crippen LogP contribution in [0, 0.1) is 5.92 Å². The summed E-state index contributed by atoms with van der Waals surface area (Å²) in [7, 11) is 1.67. The first-order chi connectivity index (χ1) is 20.7. The Kier molecular flexibility index (Phi) is 9.01. The zero-order chi connectivity index (χ0) is 30.5. The number of hydrogen-bond donors (Lipinski definition) is 3. The van der Waals surface area contributed by atoms with E-state index in [2.05, 4.69) is 10.3 Å². The largest absolute Gasteiger partial charge is 0.478 e. The lowest BCUT2D eigenvalue weighted by Gasteiger charge is -2.35. The van der Waals surface area contributed by atoms with Crippen molar-refractivity contribution < 1.29 is 34.1 Å².